The molecule has 0 bridgehead atoms. The fourth-order valence-electron chi connectivity index (χ4n) is 3.05. The van der Waals surface area contributed by atoms with E-state index in [9.17, 15) is 0 Å². The normalized spacial score (nSPS) is 18.6. The van der Waals surface area contributed by atoms with Crippen molar-refractivity contribution in [2.45, 2.75) is 57.2 Å². The molecule has 0 aliphatic heterocycles. The Morgan fingerprint density at radius 2 is 2.13 bits per heavy atom. The third-order valence-electron chi connectivity index (χ3n) is 4.73. The second-order valence-corrected chi connectivity index (χ2v) is 6.69. The second kappa shape index (κ2) is 5.78. The summed E-state index contributed by atoms with van der Waals surface area (Å²) in [5.74, 6) is 2.89. The quantitative estimate of drug-likeness (QED) is 0.890. The number of hydrogen-bond donors (Lipinski definition) is 1. The first-order valence-corrected chi connectivity index (χ1v) is 8.43. The van der Waals surface area contributed by atoms with E-state index in [1.54, 1.807) is 0 Å². The van der Waals surface area contributed by atoms with Gasteiger partial charge in [0.25, 0.3) is 0 Å². The lowest BCUT2D eigenvalue weighted by molar-refractivity contribution is 0.532. The van der Waals surface area contributed by atoms with Gasteiger partial charge in [-0.05, 0) is 50.3 Å². The van der Waals surface area contributed by atoms with Crippen molar-refractivity contribution in [1.29, 1.82) is 5.26 Å². The molecule has 1 N–H and O–H groups in total. The van der Waals surface area contributed by atoms with E-state index in [1.807, 2.05) is 18.2 Å². The van der Waals surface area contributed by atoms with E-state index in [4.69, 9.17) is 5.26 Å². The number of nitrogens with one attached hydrogen (secondary N) is 1. The third-order valence-corrected chi connectivity index (χ3v) is 4.73. The van der Waals surface area contributed by atoms with Crippen LogP contribution in [0.25, 0.3) is 0 Å². The topological polar surface area (TPSA) is 66.5 Å². The zero-order valence-corrected chi connectivity index (χ0v) is 13.4. The predicted octanol–water partition coefficient (Wildman–Crippen LogP) is 3.21. The molecule has 2 aliphatic rings. The van der Waals surface area contributed by atoms with Gasteiger partial charge in [0.1, 0.15) is 11.6 Å². The minimum absolute atomic E-state index is 0.178. The van der Waals surface area contributed by atoms with E-state index in [1.165, 1.54) is 31.5 Å². The van der Waals surface area contributed by atoms with Gasteiger partial charge in [-0.15, -0.1) is 10.2 Å². The number of rotatable bonds is 6. The van der Waals surface area contributed by atoms with Gasteiger partial charge in [0.2, 0.25) is 0 Å². The Bertz CT molecular complexity index is 749. The van der Waals surface area contributed by atoms with Gasteiger partial charge in [0.05, 0.1) is 18.2 Å². The summed E-state index contributed by atoms with van der Waals surface area (Å²) in [5.41, 5.74) is 1.83. The molecule has 0 saturated heterocycles. The van der Waals surface area contributed by atoms with Crippen molar-refractivity contribution in [2.75, 3.05) is 0 Å². The van der Waals surface area contributed by atoms with Crippen molar-refractivity contribution in [3.8, 4) is 6.07 Å². The molecule has 2 aliphatic carbocycles. The maximum atomic E-state index is 9.02. The van der Waals surface area contributed by atoms with Crippen LogP contribution in [0, 0.1) is 11.3 Å². The second-order valence-electron chi connectivity index (χ2n) is 6.69. The van der Waals surface area contributed by atoms with Crippen LogP contribution >= 0.6 is 0 Å². The summed E-state index contributed by atoms with van der Waals surface area (Å²) in [5, 5.41) is 21.4. The van der Waals surface area contributed by atoms with Crippen LogP contribution in [0.1, 0.15) is 73.4 Å². The van der Waals surface area contributed by atoms with E-state index in [2.05, 4.69) is 39.1 Å². The minimum Gasteiger partial charge on any atom is -0.311 e. The molecule has 0 amide bonds. The van der Waals surface area contributed by atoms with Gasteiger partial charge in [-0.3, -0.25) is 0 Å². The van der Waals surface area contributed by atoms with E-state index in [0.717, 1.165) is 11.4 Å². The van der Waals surface area contributed by atoms with Crippen LogP contribution in [-0.2, 0) is 6.54 Å². The molecule has 2 fully saturated rings. The Hall–Kier alpha value is -2.19. The summed E-state index contributed by atoms with van der Waals surface area (Å²) < 4.78 is 2.38. The molecular weight excluding hydrogens is 286 g/mol. The van der Waals surface area contributed by atoms with Crippen LogP contribution in [0.3, 0.4) is 0 Å². The fourth-order valence-corrected chi connectivity index (χ4v) is 3.05. The lowest BCUT2D eigenvalue weighted by atomic mass is 10.1. The first kappa shape index (κ1) is 14.4. The van der Waals surface area contributed by atoms with E-state index >= 15 is 0 Å². The summed E-state index contributed by atoms with van der Waals surface area (Å²) in [7, 11) is 0. The number of benzene rings is 1. The smallest absolute Gasteiger partial charge is 0.147 e. The van der Waals surface area contributed by atoms with Gasteiger partial charge in [0, 0.05) is 18.0 Å². The zero-order valence-electron chi connectivity index (χ0n) is 13.4. The maximum absolute atomic E-state index is 9.02. The highest BCUT2D eigenvalue weighted by atomic mass is 15.3. The summed E-state index contributed by atoms with van der Waals surface area (Å²) in [6.07, 6.45) is 5.03. The van der Waals surface area contributed by atoms with Gasteiger partial charge in [0.15, 0.2) is 0 Å². The third kappa shape index (κ3) is 2.99. The summed E-state index contributed by atoms with van der Waals surface area (Å²) in [6, 6.07) is 10.8. The minimum atomic E-state index is 0.178. The van der Waals surface area contributed by atoms with Crippen LogP contribution in [0.4, 0.5) is 0 Å². The SMILES string of the molecule is CC(NCc1nnc(C2CC2)n1C1CC1)c1cccc(C#N)c1. The maximum Gasteiger partial charge on any atom is 0.147 e. The standard InChI is InChI=1S/C18H21N5/c1-12(15-4-2-3-13(9-15)10-19)20-11-17-21-22-18(14-5-6-14)23(17)16-7-8-16/h2-4,9,12,14,16,20H,5-8,11H2,1H3. The Labute approximate surface area is 136 Å². The van der Waals surface area contributed by atoms with E-state index in [0.29, 0.717) is 24.1 Å². The molecule has 118 valence electrons. The highest BCUT2D eigenvalue weighted by Crippen LogP contribution is 2.44. The van der Waals surface area contributed by atoms with Gasteiger partial charge >= 0.3 is 0 Å². The highest BCUT2D eigenvalue weighted by molar-refractivity contribution is 5.34. The lowest BCUT2D eigenvalue weighted by Gasteiger charge is -2.15. The molecule has 5 heteroatoms. The number of nitrogens with zero attached hydrogens (tertiary/aromatic N) is 4. The van der Waals surface area contributed by atoms with Gasteiger partial charge in [-0.2, -0.15) is 5.26 Å². The van der Waals surface area contributed by atoms with Crippen molar-refractivity contribution in [3.05, 3.63) is 47.0 Å². The van der Waals surface area contributed by atoms with Gasteiger partial charge in [-0.1, -0.05) is 12.1 Å². The fraction of sp³-hybridized carbons (Fsp3) is 0.500. The van der Waals surface area contributed by atoms with Crippen LogP contribution in [0.15, 0.2) is 24.3 Å². The van der Waals surface area contributed by atoms with Crippen molar-refractivity contribution in [3.63, 3.8) is 0 Å². The summed E-state index contributed by atoms with van der Waals surface area (Å²) >= 11 is 0. The van der Waals surface area contributed by atoms with E-state index in [-0.39, 0.29) is 6.04 Å². The zero-order chi connectivity index (χ0) is 15.8. The van der Waals surface area contributed by atoms with Crippen molar-refractivity contribution < 1.29 is 0 Å². The van der Waals surface area contributed by atoms with Gasteiger partial charge < -0.3 is 9.88 Å². The molecule has 4 rings (SSSR count). The van der Waals surface area contributed by atoms with Crippen molar-refractivity contribution in [1.82, 2.24) is 20.1 Å². The molecule has 2 saturated carbocycles. The average Bonchev–Trinajstić information content (AvgIpc) is 3.51. The monoisotopic (exact) mass is 307 g/mol. The number of aromatic nitrogens is 3. The van der Waals surface area contributed by atoms with Gasteiger partial charge in [-0.25, -0.2) is 0 Å². The summed E-state index contributed by atoms with van der Waals surface area (Å²) in [4.78, 5) is 0. The summed E-state index contributed by atoms with van der Waals surface area (Å²) in [6.45, 7) is 2.84. The molecule has 1 aromatic carbocycles. The molecule has 1 aromatic heterocycles. The molecular formula is C18H21N5. The average molecular weight is 307 g/mol. The molecule has 5 nitrogen and oxygen atoms in total. The van der Waals surface area contributed by atoms with Crippen LogP contribution in [0.5, 0.6) is 0 Å². The highest BCUT2D eigenvalue weighted by Gasteiger charge is 2.36. The van der Waals surface area contributed by atoms with Crippen LogP contribution < -0.4 is 5.32 Å². The molecule has 2 aromatic rings. The molecule has 1 unspecified atom stereocenters. The largest absolute Gasteiger partial charge is 0.311 e. The Morgan fingerprint density at radius 3 is 2.83 bits per heavy atom. The Kier molecular flexibility index (Phi) is 3.62. The first-order valence-electron chi connectivity index (χ1n) is 8.43. The molecule has 1 atom stereocenters. The Morgan fingerprint density at radius 1 is 1.30 bits per heavy atom. The van der Waals surface area contributed by atoms with E-state index < -0.39 is 0 Å². The molecule has 0 radical (unpaired) electrons. The Balaban J connectivity index is 1.47. The van der Waals surface area contributed by atoms with Crippen LogP contribution in [0.2, 0.25) is 0 Å². The first-order chi connectivity index (χ1) is 11.3. The van der Waals surface area contributed by atoms with Crippen molar-refractivity contribution >= 4 is 0 Å². The number of nitriles is 1. The molecule has 1 heterocycles. The van der Waals surface area contributed by atoms with Crippen LogP contribution in [-0.4, -0.2) is 14.8 Å². The molecule has 0 spiro atoms. The van der Waals surface area contributed by atoms with Crippen molar-refractivity contribution in [2.24, 2.45) is 0 Å². The molecule has 23 heavy (non-hydrogen) atoms. The lowest BCUT2D eigenvalue weighted by Crippen LogP contribution is -2.21. The number of hydrogen-bond acceptors (Lipinski definition) is 4. The predicted molar refractivity (Wildman–Crippen MR) is 86.7 cm³/mol.